The summed E-state index contributed by atoms with van der Waals surface area (Å²) in [6.07, 6.45) is 2.09. The van der Waals surface area contributed by atoms with Crippen LogP contribution in [0, 0.1) is 5.92 Å². The van der Waals surface area contributed by atoms with E-state index in [9.17, 15) is 0 Å². The maximum absolute atomic E-state index is 5.21. The number of hydrogen-bond donors (Lipinski definition) is 2. The lowest BCUT2D eigenvalue weighted by Gasteiger charge is -2.19. The SMILES string of the molecule is C=C(NN)C(C)C(C)SC. The lowest BCUT2D eigenvalue weighted by Crippen LogP contribution is -2.28. The molecule has 0 rings (SSSR count). The molecule has 3 heteroatoms. The highest BCUT2D eigenvalue weighted by Crippen LogP contribution is 2.19. The Bertz CT molecular complexity index is 114. The molecule has 2 unspecified atom stereocenters. The van der Waals surface area contributed by atoms with Crippen molar-refractivity contribution in [1.29, 1.82) is 0 Å². The Morgan fingerprint density at radius 3 is 2.40 bits per heavy atom. The molecule has 0 saturated carbocycles. The van der Waals surface area contributed by atoms with Gasteiger partial charge in [-0.1, -0.05) is 20.4 Å². The molecule has 0 amide bonds. The highest BCUT2D eigenvalue weighted by atomic mass is 32.2. The van der Waals surface area contributed by atoms with Crippen LogP contribution >= 0.6 is 11.8 Å². The Hall–Kier alpha value is -0.150. The lowest BCUT2D eigenvalue weighted by atomic mass is 10.1. The molecule has 0 aliphatic rings. The first-order valence-electron chi connectivity index (χ1n) is 3.31. The molecule has 2 nitrogen and oxygen atoms in total. The number of hydrogen-bond acceptors (Lipinski definition) is 3. The van der Waals surface area contributed by atoms with E-state index < -0.39 is 0 Å². The second kappa shape index (κ2) is 4.63. The molecule has 0 fully saturated rings. The number of nitrogens with two attached hydrogens (primary N) is 1. The van der Waals surface area contributed by atoms with Crippen LogP contribution in [0.4, 0.5) is 0 Å². The first kappa shape index (κ1) is 9.85. The van der Waals surface area contributed by atoms with Crippen LogP contribution < -0.4 is 11.3 Å². The summed E-state index contributed by atoms with van der Waals surface area (Å²) in [4.78, 5) is 0. The van der Waals surface area contributed by atoms with Crippen LogP contribution in [0.2, 0.25) is 0 Å². The summed E-state index contributed by atoms with van der Waals surface area (Å²) in [5, 5.41) is 0.573. The first-order chi connectivity index (χ1) is 4.63. The number of nitrogens with one attached hydrogen (secondary N) is 1. The van der Waals surface area contributed by atoms with Gasteiger partial charge in [0.2, 0.25) is 0 Å². The van der Waals surface area contributed by atoms with Crippen LogP contribution in [-0.4, -0.2) is 11.5 Å². The van der Waals surface area contributed by atoms with Gasteiger partial charge in [-0.3, -0.25) is 5.84 Å². The van der Waals surface area contributed by atoms with Crippen molar-refractivity contribution in [3.05, 3.63) is 12.3 Å². The second-order valence-electron chi connectivity index (χ2n) is 2.40. The predicted octanol–water partition coefficient (Wildman–Crippen LogP) is 1.35. The van der Waals surface area contributed by atoms with Gasteiger partial charge in [0, 0.05) is 16.9 Å². The molecule has 0 saturated heterocycles. The third-order valence-electron chi connectivity index (χ3n) is 1.81. The van der Waals surface area contributed by atoms with Gasteiger partial charge in [-0.25, -0.2) is 0 Å². The van der Waals surface area contributed by atoms with Gasteiger partial charge in [-0.15, -0.1) is 0 Å². The molecule has 0 radical (unpaired) electrons. The van der Waals surface area contributed by atoms with Gasteiger partial charge in [-0.2, -0.15) is 11.8 Å². The molecular formula is C7H16N2S. The largest absolute Gasteiger partial charge is 0.329 e. The molecule has 0 aromatic carbocycles. The zero-order valence-electron chi connectivity index (χ0n) is 6.85. The van der Waals surface area contributed by atoms with E-state index in [2.05, 4.69) is 32.1 Å². The van der Waals surface area contributed by atoms with Gasteiger partial charge in [0.05, 0.1) is 0 Å². The molecule has 0 aliphatic heterocycles. The van der Waals surface area contributed by atoms with E-state index in [1.165, 1.54) is 0 Å². The summed E-state index contributed by atoms with van der Waals surface area (Å²) in [5.74, 6) is 5.64. The maximum atomic E-state index is 5.21. The number of hydrazine groups is 1. The van der Waals surface area contributed by atoms with Crippen LogP contribution in [-0.2, 0) is 0 Å². The van der Waals surface area contributed by atoms with Gasteiger partial charge in [0.15, 0.2) is 0 Å². The van der Waals surface area contributed by atoms with Crippen LogP contribution in [0.5, 0.6) is 0 Å². The smallest absolute Gasteiger partial charge is 0.0226 e. The monoisotopic (exact) mass is 160 g/mol. The van der Waals surface area contributed by atoms with Crippen LogP contribution in [0.3, 0.4) is 0 Å². The van der Waals surface area contributed by atoms with Gasteiger partial charge in [0.25, 0.3) is 0 Å². The Balaban J connectivity index is 3.81. The molecule has 0 heterocycles. The van der Waals surface area contributed by atoms with E-state index in [4.69, 9.17) is 5.84 Å². The maximum Gasteiger partial charge on any atom is 0.0226 e. The fourth-order valence-corrected chi connectivity index (χ4v) is 1.19. The van der Waals surface area contributed by atoms with Gasteiger partial charge < -0.3 is 5.43 Å². The Morgan fingerprint density at radius 2 is 2.10 bits per heavy atom. The number of allylic oxidation sites excluding steroid dienone is 1. The van der Waals surface area contributed by atoms with Gasteiger partial charge in [-0.05, 0) is 6.26 Å². The van der Waals surface area contributed by atoms with E-state index in [0.29, 0.717) is 11.2 Å². The van der Waals surface area contributed by atoms with Crippen molar-refractivity contribution in [2.45, 2.75) is 19.1 Å². The van der Waals surface area contributed by atoms with E-state index in [1.807, 2.05) is 11.8 Å². The number of rotatable bonds is 4. The average Bonchev–Trinajstić information content (AvgIpc) is 2.00. The van der Waals surface area contributed by atoms with Crippen molar-refractivity contribution in [3.63, 3.8) is 0 Å². The summed E-state index contributed by atoms with van der Waals surface area (Å²) in [6.45, 7) is 8.07. The van der Waals surface area contributed by atoms with E-state index in [0.717, 1.165) is 5.70 Å². The molecule has 2 atom stereocenters. The summed E-state index contributed by atoms with van der Waals surface area (Å²) in [5.41, 5.74) is 3.48. The Morgan fingerprint density at radius 1 is 1.60 bits per heavy atom. The normalized spacial score (nSPS) is 16.0. The molecule has 60 valence electrons. The van der Waals surface area contributed by atoms with Crippen molar-refractivity contribution in [1.82, 2.24) is 5.43 Å². The zero-order chi connectivity index (χ0) is 8.15. The van der Waals surface area contributed by atoms with E-state index in [-0.39, 0.29) is 0 Å². The molecule has 0 aromatic rings. The summed E-state index contributed by atoms with van der Waals surface area (Å²) >= 11 is 1.82. The molecule has 10 heavy (non-hydrogen) atoms. The fraction of sp³-hybridized carbons (Fsp3) is 0.714. The minimum absolute atomic E-state index is 0.431. The third kappa shape index (κ3) is 2.62. The zero-order valence-corrected chi connectivity index (χ0v) is 7.66. The Kier molecular flexibility index (Phi) is 4.56. The summed E-state index contributed by atoms with van der Waals surface area (Å²) in [6, 6.07) is 0. The molecule has 0 spiro atoms. The molecular weight excluding hydrogens is 144 g/mol. The summed E-state index contributed by atoms with van der Waals surface area (Å²) < 4.78 is 0. The highest BCUT2D eigenvalue weighted by molar-refractivity contribution is 7.99. The van der Waals surface area contributed by atoms with Crippen molar-refractivity contribution >= 4 is 11.8 Å². The summed E-state index contributed by atoms with van der Waals surface area (Å²) in [7, 11) is 0. The van der Waals surface area contributed by atoms with Gasteiger partial charge in [0.1, 0.15) is 0 Å². The number of thioether (sulfide) groups is 1. The predicted molar refractivity (Wildman–Crippen MR) is 48.6 cm³/mol. The van der Waals surface area contributed by atoms with Crippen molar-refractivity contribution < 1.29 is 0 Å². The van der Waals surface area contributed by atoms with Crippen molar-refractivity contribution in [2.75, 3.05) is 6.26 Å². The van der Waals surface area contributed by atoms with E-state index in [1.54, 1.807) is 0 Å². The molecule has 0 aliphatic carbocycles. The minimum atomic E-state index is 0.431. The second-order valence-corrected chi connectivity index (χ2v) is 3.61. The highest BCUT2D eigenvalue weighted by Gasteiger charge is 2.12. The molecule has 0 bridgehead atoms. The Labute approximate surface area is 67.2 Å². The third-order valence-corrected chi connectivity index (χ3v) is 2.96. The average molecular weight is 160 g/mol. The van der Waals surface area contributed by atoms with Crippen LogP contribution in [0.1, 0.15) is 13.8 Å². The topological polar surface area (TPSA) is 38.0 Å². The van der Waals surface area contributed by atoms with Crippen molar-refractivity contribution in [2.24, 2.45) is 11.8 Å². The minimum Gasteiger partial charge on any atom is -0.329 e. The fourth-order valence-electron chi connectivity index (χ4n) is 0.619. The first-order valence-corrected chi connectivity index (χ1v) is 4.60. The molecule has 0 aromatic heterocycles. The van der Waals surface area contributed by atoms with Crippen molar-refractivity contribution in [3.8, 4) is 0 Å². The quantitative estimate of drug-likeness (QED) is 0.481. The van der Waals surface area contributed by atoms with Crippen LogP contribution in [0.15, 0.2) is 12.3 Å². The molecule has 3 N–H and O–H groups in total. The van der Waals surface area contributed by atoms with Gasteiger partial charge >= 0.3 is 0 Å². The lowest BCUT2D eigenvalue weighted by molar-refractivity contribution is 0.614. The standard InChI is InChI=1S/C7H16N2S/c1-5(6(2)9-8)7(3)10-4/h5,7,9H,2,8H2,1,3-4H3. The van der Waals surface area contributed by atoms with E-state index >= 15 is 0 Å². The van der Waals surface area contributed by atoms with Crippen LogP contribution in [0.25, 0.3) is 0 Å².